The van der Waals surface area contributed by atoms with Gasteiger partial charge in [-0.25, -0.2) is 4.79 Å². The summed E-state index contributed by atoms with van der Waals surface area (Å²) in [5.74, 6) is -0.904. The van der Waals surface area contributed by atoms with Gasteiger partial charge in [-0.3, -0.25) is 4.79 Å². The highest BCUT2D eigenvalue weighted by atomic mass is 79.9. The molecule has 1 aromatic heterocycles. The molecule has 18 heavy (non-hydrogen) atoms. The number of carbonyl (C=O) groups excluding carboxylic acids is 1. The van der Waals surface area contributed by atoms with E-state index in [4.69, 9.17) is 5.11 Å². The topological polar surface area (TPSA) is 60.9 Å². The van der Waals surface area contributed by atoms with Gasteiger partial charge in [0.05, 0.1) is 10.2 Å². The Labute approximate surface area is 118 Å². The van der Waals surface area contributed by atoms with E-state index in [1.165, 1.54) is 4.90 Å². The Morgan fingerprint density at radius 3 is 2.56 bits per heavy atom. The zero-order valence-corrected chi connectivity index (χ0v) is 12.6. The van der Waals surface area contributed by atoms with Crippen molar-refractivity contribution in [3.05, 3.63) is 20.8 Å². The average Bonchev–Trinajstić information content (AvgIpc) is 2.70. The SMILES string of the molecule is CN(CCC(=O)O)C(=O)N(C)Cc1csc(Br)c1. The third kappa shape index (κ3) is 4.66. The Kier molecular flexibility index (Phi) is 5.61. The van der Waals surface area contributed by atoms with Crippen LogP contribution in [0.3, 0.4) is 0 Å². The molecule has 0 aliphatic heterocycles. The summed E-state index contributed by atoms with van der Waals surface area (Å²) < 4.78 is 1.03. The maximum absolute atomic E-state index is 11.9. The number of amides is 2. The van der Waals surface area contributed by atoms with Crippen molar-refractivity contribution >= 4 is 39.3 Å². The first-order valence-electron chi connectivity index (χ1n) is 5.31. The lowest BCUT2D eigenvalue weighted by Crippen LogP contribution is -2.39. The highest BCUT2D eigenvalue weighted by Crippen LogP contribution is 2.21. The highest BCUT2D eigenvalue weighted by Gasteiger charge is 2.15. The maximum Gasteiger partial charge on any atom is 0.319 e. The number of carbonyl (C=O) groups is 2. The molecule has 5 nitrogen and oxygen atoms in total. The van der Waals surface area contributed by atoms with Crippen LogP contribution in [-0.2, 0) is 11.3 Å². The molecule has 0 radical (unpaired) electrons. The number of aliphatic carboxylic acids is 1. The predicted molar refractivity (Wildman–Crippen MR) is 73.8 cm³/mol. The third-order valence-electron chi connectivity index (χ3n) is 2.36. The summed E-state index contributed by atoms with van der Waals surface area (Å²) in [5.41, 5.74) is 1.05. The van der Waals surface area contributed by atoms with Gasteiger partial charge in [0.1, 0.15) is 0 Å². The van der Waals surface area contributed by atoms with Gasteiger partial charge in [-0.15, -0.1) is 11.3 Å². The molecule has 0 unspecified atom stereocenters. The number of rotatable bonds is 5. The number of urea groups is 1. The largest absolute Gasteiger partial charge is 0.481 e. The Morgan fingerprint density at radius 1 is 1.39 bits per heavy atom. The molecule has 1 heterocycles. The normalized spacial score (nSPS) is 10.2. The molecule has 0 aromatic carbocycles. The van der Waals surface area contributed by atoms with Crippen molar-refractivity contribution in [1.82, 2.24) is 9.80 Å². The molecule has 7 heteroatoms. The Hall–Kier alpha value is -1.08. The van der Waals surface area contributed by atoms with Crippen LogP contribution in [0, 0.1) is 0 Å². The van der Waals surface area contributed by atoms with Gasteiger partial charge in [-0.1, -0.05) is 0 Å². The van der Waals surface area contributed by atoms with E-state index in [2.05, 4.69) is 15.9 Å². The van der Waals surface area contributed by atoms with E-state index in [1.54, 1.807) is 30.3 Å². The first-order valence-corrected chi connectivity index (χ1v) is 6.98. The summed E-state index contributed by atoms with van der Waals surface area (Å²) in [4.78, 5) is 25.3. The van der Waals surface area contributed by atoms with Crippen LogP contribution in [0.4, 0.5) is 4.79 Å². The van der Waals surface area contributed by atoms with E-state index < -0.39 is 5.97 Å². The molecule has 0 saturated carbocycles. The number of hydrogen-bond acceptors (Lipinski definition) is 3. The van der Waals surface area contributed by atoms with E-state index in [1.807, 2.05) is 11.4 Å². The summed E-state index contributed by atoms with van der Waals surface area (Å²) in [6.07, 6.45) is -0.0416. The molecule has 1 aromatic rings. The molecular weight excluding hydrogens is 320 g/mol. The van der Waals surface area contributed by atoms with Gasteiger partial charge in [0, 0.05) is 27.2 Å². The van der Waals surface area contributed by atoms with Crippen molar-refractivity contribution in [3.8, 4) is 0 Å². The Balaban J connectivity index is 2.47. The Bertz CT molecular complexity index is 436. The summed E-state index contributed by atoms with van der Waals surface area (Å²) in [5, 5.41) is 10.5. The van der Waals surface area contributed by atoms with Gasteiger partial charge >= 0.3 is 12.0 Å². The second-order valence-corrected chi connectivity index (χ2v) is 6.25. The monoisotopic (exact) mass is 334 g/mol. The van der Waals surface area contributed by atoms with E-state index >= 15 is 0 Å². The lowest BCUT2D eigenvalue weighted by molar-refractivity contribution is -0.137. The number of hydrogen-bond donors (Lipinski definition) is 1. The first kappa shape index (κ1) is 15.0. The van der Waals surface area contributed by atoms with Crippen LogP contribution in [0.5, 0.6) is 0 Å². The van der Waals surface area contributed by atoms with Gasteiger partial charge in [0.2, 0.25) is 0 Å². The van der Waals surface area contributed by atoms with E-state index in [0.717, 1.165) is 9.35 Å². The fourth-order valence-corrected chi connectivity index (χ4v) is 2.62. The molecule has 0 saturated heterocycles. The van der Waals surface area contributed by atoms with E-state index in [9.17, 15) is 9.59 Å². The lowest BCUT2D eigenvalue weighted by Gasteiger charge is -2.24. The van der Waals surface area contributed by atoms with Crippen LogP contribution in [0.25, 0.3) is 0 Å². The van der Waals surface area contributed by atoms with Crippen LogP contribution in [0.1, 0.15) is 12.0 Å². The van der Waals surface area contributed by atoms with Crippen molar-refractivity contribution in [3.63, 3.8) is 0 Å². The average molecular weight is 335 g/mol. The second-order valence-electron chi connectivity index (χ2n) is 3.96. The summed E-state index contributed by atoms with van der Waals surface area (Å²) in [6, 6.07) is 1.78. The van der Waals surface area contributed by atoms with Gasteiger partial charge < -0.3 is 14.9 Å². The zero-order valence-electron chi connectivity index (χ0n) is 10.2. The van der Waals surface area contributed by atoms with Crippen molar-refractivity contribution < 1.29 is 14.7 Å². The van der Waals surface area contributed by atoms with Gasteiger partial charge in [-0.05, 0) is 32.9 Å². The van der Waals surface area contributed by atoms with Gasteiger partial charge in [0.15, 0.2) is 0 Å². The number of carboxylic acid groups (broad SMARTS) is 1. The van der Waals surface area contributed by atoms with Crippen LogP contribution < -0.4 is 0 Å². The van der Waals surface area contributed by atoms with Gasteiger partial charge in [-0.2, -0.15) is 0 Å². The van der Waals surface area contributed by atoms with Crippen LogP contribution in [0.15, 0.2) is 15.2 Å². The minimum Gasteiger partial charge on any atom is -0.481 e. The van der Waals surface area contributed by atoms with Crippen molar-refractivity contribution in [2.75, 3.05) is 20.6 Å². The molecule has 0 spiro atoms. The molecule has 0 fully saturated rings. The molecule has 100 valence electrons. The summed E-state index contributed by atoms with van der Waals surface area (Å²) in [7, 11) is 3.30. The van der Waals surface area contributed by atoms with Crippen LogP contribution in [-0.4, -0.2) is 47.5 Å². The van der Waals surface area contributed by atoms with Crippen LogP contribution >= 0.6 is 27.3 Å². The highest BCUT2D eigenvalue weighted by molar-refractivity contribution is 9.11. The van der Waals surface area contributed by atoms with Crippen molar-refractivity contribution in [2.45, 2.75) is 13.0 Å². The molecule has 1 rings (SSSR count). The standard InChI is InChI=1S/C11H15BrN2O3S/c1-13(4-3-10(15)16)11(17)14(2)6-8-5-9(12)18-7-8/h5,7H,3-4,6H2,1-2H3,(H,15,16). The number of halogens is 1. The maximum atomic E-state index is 11.9. The molecule has 0 bridgehead atoms. The van der Waals surface area contributed by atoms with Crippen molar-refractivity contribution in [1.29, 1.82) is 0 Å². The Morgan fingerprint density at radius 2 is 2.06 bits per heavy atom. The molecule has 0 aliphatic rings. The lowest BCUT2D eigenvalue weighted by atomic mass is 10.3. The quantitative estimate of drug-likeness (QED) is 0.899. The number of nitrogens with zero attached hydrogens (tertiary/aromatic N) is 2. The first-order chi connectivity index (χ1) is 8.40. The summed E-state index contributed by atoms with van der Waals surface area (Å²) >= 11 is 4.94. The number of carboxylic acids is 1. The smallest absolute Gasteiger partial charge is 0.319 e. The molecule has 0 aliphatic carbocycles. The predicted octanol–water partition coefficient (Wildman–Crippen LogP) is 2.47. The van der Waals surface area contributed by atoms with E-state index in [-0.39, 0.29) is 19.0 Å². The van der Waals surface area contributed by atoms with Crippen LogP contribution in [0.2, 0.25) is 0 Å². The second kappa shape index (κ2) is 6.75. The van der Waals surface area contributed by atoms with E-state index in [0.29, 0.717) is 6.54 Å². The van der Waals surface area contributed by atoms with Gasteiger partial charge in [0.25, 0.3) is 0 Å². The fourth-order valence-electron chi connectivity index (χ4n) is 1.42. The molecule has 0 atom stereocenters. The van der Waals surface area contributed by atoms with Crippen molar-refractivity contribution in [2.24, 2.45) is 0 Å². The summed E-state index contributed by atoms with van der Waals surface area (Å²) in [6.45, 7) is 0.726. The number of thiophene rings is 1. The molecule has 2 amide bonds. The zero-order chi connectivity index (χ0) is 13.7. The molecule has 1 N–H and O–H groups in total. The fraction of sp³-hybridized carbons (Fsp3) is 0.455. The molecular formula is C11H15BrN2O3S. The minimum atomic E-state index is -0.904. The minimum absolute atomic E-state index is 0.0416. The third-order valence-corrected chi connectivity index (χ3v) is 3.91.